The average Bonchev–Trinajstić information content (AvgIpc) is 3.20. The van der Waals surface area contributed by atoms with Gasteiger partial charge >= 0.3 is 0 Å². The van der Waals surface area contributed by atoms with Crippen LogP contribution in [0.25, 0.3) is 10.9 Å². The van der Waals surface area contributed by atoms with Crippen molar-refractivity contribution >= 4 is 34.3 Å². The molecule has 3 heterocycles. The van der Waals surface area contributed by atoms with Gasteiger partial charge in [-0.1, -0.05) is 30.9 Å². The van der Waals surface area contributed by atoms with Gasteiger partial charge in [-0.25, -0.2) is 0 Å². The Bertz CT molecular complexity index is 1310. The number of carbonyl (C=O) groups excluding carboxylic acids is 2. The van der Waals surface area contributed by atoms with Gasteiger partial charge in [0, 0.05) is 46.8 Å². The van der Waals surface area contributed by atoms with Gasteiger partial charge in [0.05, 0.1) is 12.2 Å². The van der Waals surface area contributed by atoms with Crippen molar-refractivity contribution in [2.75, 3.05) is 26.2 Å². The number of ether oxygens (including phenoxy) is 1. The molecule has 0 radical (unpaired) electrons. The van der Waals surface area contributed by atoms with E-state index in [9.17, 15) is 9.59 Å². The number of halogens is 1. The number of aryl methyl sites for hydroxylation is 2. The SMILES string of the molecule is Cc1[nH]c2ccc(C(=O)N3CCC4(CCCCCCOc5ccc(Cl)cc5C(=O)NC4)CC3)cc2c1C. The molecular formula is C30H36ClN3O3. The molecule has 6 nitrogen and oxygen atoms in total. The molecule has 1 spiro atoms. The van der Waals surface area contributed by atoms with Crippen molar-refractivity contribution < 1.29 is 14.3 Å². The Kier molecular flexibility index (Phi) is 7.47. The summed E-state index contributed by atoms with van der Waals surface area (Å²) in [6.07, 6.45) is 7.13. The van der Waals surface area contributed by atoms with Crippen LogP contribution >= 0.6 is 11.6 Å². The summed E-state index contributed by atoms with van der Waals surface area (Å²) in [5.41, 5.74) is 4.60. The first-order chi connectivity index (χ1) is 17.8. The highest BCUT2D eigenvalue weighted by molar-refractivity contribution is 6.31. The molecule has 0 saturated carbocycles. The van der Waals surface area contributed by atoms with E-state index >= 15 is 0 Å². The van der Waals surface area contributed by atoms with Gasteiger partial charge in [0.1, 0.15) is 5.75 Å². The molecule has 2 N–H and O–H groups in total. The second-order valence-corrected chi connectivity index (χ2v) is 11.2. The topological polar surface area (TPSA) is 74.4 Å². The number of nitrogens with one attached hydrogen (secondary N) is 2. The maximum Gasteiger partial charge on any atom is 0.255 e. The molecule has 2 aromatic carbocycles. The Balaban J connectivity index is 1.30. The summed E-state index contributed by atoms with van der Waals surface area (Å²) in [5.74, 6) is 0.518. The summed E-state index contributed by atoms with van der Waals surface area (Å²) < 4.78 is 5.92. The molecule has 1 fully saturated rings. The first-order valence-corrected chi connectivity index (χ1v) is 13.8. The lowest BCUT2D eigenvalue weighted by Gasteiger charge is -2.42. The number of rotatable bonds is 1. The van der Waals surface area contributed by atoms with Crippen LogP contribution < -0.4 is 10.1 Å². The van der Waals surface area contributed by atoms with E-state index in [1.807, 2.05) is 23.1 Å². The number of fused-ring (bicyclic) bond motifs is 2. The van der Waals surface area contributed by atoms with E-state index < -0.39 is 0 Å². The largest absolute Gasteiger partial charge is 0.493 e. The number of hydrogen-bond donors (Lipinski definition) is 2. The van der Waals surface area contributed by atoms with Gasteiger partial charge in [-0.2, -0.15) is 0 Å². The van der Waals surface area contributed by atoms with Crippen molar-refractivity contribution in [3.05, 3.63) is 63.8 Å². The summed E-state index contributed by atoms with van der Waals surface area (Å²) in [7, 11) is 0. The van der Waals surface area contributed by atoms with Crippen LogP contribution in [-0.2, 0) is 0 Å². The van der Waals surface area contributed by atoms with Crippen LogP contribution in [0.15, 0.2) is 36.4 Å². The highest BCUT2D eigenvalue weighted by Crippen LogP contribution is 2.37. The molecule has 0 unspecified atom stereocenters. The minimum Gasteiger partial charge on any atom is -0.493 e. The molecule has 37 heavy (non-hydrogen) atoms. The fourth-order valence-electron chi connectivity index (χ4n) is 5.78. The molecule has 0 atom stereocenters. The fraction of sp³-hybridized carbons (Fsp3) is 0.467. The van der Waals surface area contributed by atoms with Crippen molar-refractivity contribution in [2.24, 2.45) is 5.41 Å². The maximum absolute atomic E-state index is 13.4. The molecule has 1 aromatic heterocycles. The number of nitrogens with zero attached hydrogens (tertiary/aromatic N) is 1. The lowest BCUT2D eigenvalue weighted by molar-refractivity contribution is 0.0536. The summed E-state index contributed by atoms with van der Waals surface area (Å²) in [6.45, 7) is 6.73. The summed E-state index contributed by atoms with van der Waals surface area (Å²) in [6, 6.07) is 11.2. The number of piperidine rings is 1. The molecule has 2 amide bonds. The number of carbonyl (C=O) groups is 2. The van der Waals surface area contributed by atoms with E-state index in [1.54, 1.807) is 18.2 Å². The Morgan fingerprint density at radius 1 is 1.00 bits per heavy atom. The fourth-order valence-corrected chi connectivity index (χ4v) is 5.95. The number of aromatic amines is 1. The van der Waals surface area contributed by atoms with Crippen molar-refractivity contribution in [1.82, 2.24) is 15.2 Å². The minimum atomic E-state index is -0.153. The van der Waals surface area contributed by atoms with Gasteiger partial charge in [0.25, 0.3) is 11.8 Å². The number of aromatic nitrogens is 1. The van der Waals surface area contributed by atoms with E-state index in [2.05, 4.69) is 24.1 Å². The second kappa shape index (κ2) is 10.8. The zero-order valence-corrected chi connectivity index (χ0v) is 22.5. The van der Waals surface area contributed by atoms with Crippen LogP contribution in [0.1, 0.15) is 76.9 Å². The van der Waals surface area contributed by atoms with Crippen LogP contribution in [-0.4, -0.2) is 47.9 Å². The summed E-state index contributed by atoms with van der Waals surface area (Å²) in [5, 5.41) is 4.82. The molecule has 196 valence electrons. The van der Waals surface area contributed by atoms with Crippen molar-refractivity contribution in [3.63, 3.8) is 0 Å². The molecule has 0 bridgehead atoms. The predicted molar refractivity (Wildman–Crippen MR) is 148 cm³/mol. The second-order valence-electron chi connectivity index (χ2n) is 10.8. The number of hydrogen-bond acceptors (Lipinski definition) is 3. The zero-order valence-electron chi connectivity index (χ0n) is 21.8. The van der Waals surface area contributed by atoms with Gasteiger partial charge in [0.15, 0.2) is 0 Å². The monoisotopic (exact) mass is 521 g/mol. The standard InChI is InChI=1S/C30H36ClN3O3/c1-20-21(2)33-26-9-7-22(17-24(20)26)29(36)34-14-12-30(13-15-34)11-5-3-4-6-16-37-27-10-8-23(31)18-25(27)28(35)32-19-30/h7-10,17-18,33H,3-6,11-16,19H2,1-2H3,(H,32,35). The van der Waals surface area contributed by atoms with Crippen LogP contribution in [0.5, 0.6) is 5.75 Å². The van der Waals surface area contributed by atoms with Crippen molar-refractivity contribution in [3.8, 4) is 5.75 Å². The van der Waals surface area contributed by atoms with Crippen LogP contribution in [0.2, 0.25) is 5.02 Å². The predicted octanol–water partition coefficient (Wildman–Crippen LogP) is 6.43. The first-order valence-electron chi connectivity index (χ1n) is 13.4. The minimum absolute atomic E-state index is 0.0155. The van der Waals surface area contributed by atoms with Crippen molar-refractivity contribution in [2.45, 2.75) is 58.8 Å². The van der Waals surface area contributed by atoms with Gasteiger partial charge in [-0.3, -0.25) is 9.59 Å². The molecule has 2 aliphatic rings. The quantitative estimate of drug-likeness (QED) is 0.387. The van der Waals surface area contributed by atoms with Gasteiger partial charge in [-0.05, 0) is 86.9 Å². The Morgan fingerprint density at radius 2 is 1.78 bits per heavy atom. The van der Waals surface area contributed by atoms with Gasteiger partial charge < -0.3 is 19.9 Å². The molecule has 7 heteroatoms. The maximum atomic E-state index is 13.4. The first kappa shape index (κ1) is 25.7. The van der Waals surface area contributed by atoms with E-state index in [0.717, 1.165) is 67.1 Å². The van der Waals surface area contributed by atoms with Gasteiger partial charge in [-0.15, -0.1) is 0 Å². The average molecular weight is 522 g/mol. The molecule has 3 aromatic rings. The Morgan fingerprint density at radius 3 is 2.59 bits per heavy atom. The molecular weight excluding hydrogens is 486 g/mol. The number of likely N-dealkylation sites (tertiary alicyclic amines) is 1. The highest BCUT2D eigenvalue weighted by atomic mass is 35.5. The van der Waals surface area contributed by atoms with Crippen LogP contribution in [0.4, 0.5) is 0 Å². The molecule has 1 saturated heterocycles. The van der Waals surface area contributed by atoms with E-state index in [0.29, 0.717) is 42.6 Å². The Hall–Kier alpha value is -2.99. The van der Waals surface area contributed by atoms with E-state index in [4.69, 9.17) is 16.3 Å². The zero-order chi connectivity index (χ0) is 26.0. The third-order valence-corrected chi connectivity index (χ3v) is 8.57. The number of benzene rings is 2. The van der Waals surface area contributed by atoms with Crippen LogP contribution in [0, 0.1) is 19.3 Å². The van der Waals surface area contributed by atoms with Crippen LogP contribution in [0.3, 0.4) is 0 Å². The van der Waals surface area contributed by atoms with E-state index in [-0.39, 0.29) is 17.2 Å². The molecule has 0 aliphatic carbocycles. The molecule has 2 aliphatic heterocycles. The van der Waals surface area contributed by atoms with E-state index in [1.165, 1.54) is 5.56 Å². The van der Waals surface area contributed by atoms with Gasteiger partial charge in [0.2, 0.25) is 0 Å². The van der Waals surface area contributed by atoms with Crippen molar-refractivity contribution in [1.29, 1.82) is 0 Å². The number of H-pyrrole nitrogens is 1. The normalized spacial score (nSPS) is 18.8. The molecule has 5 rings (SSSR count). The lowest BCUT2D eigenvalue weighted by atomic mass is 9.74. The lowest BCUT2D eigenvalue weighted by Crippen LogP contribution is -2.48. The summed E-state index contributed by atoms with van der Waals surface area (Å²) >= 11 is 6.20. The third-order valence-electron chi connectivity index (χ3n) is 8.34. The smallest absolute Gasteiger partial charge is 0.255 e. The number of amides is 2. The highest BCUT2D eigenvalue weighted by Gasteiger charge is 2.36. The Labute approximate surface area is 223 Å². The third kappa shape index (κ3) is 5.49. The summed E-state index contributed by atoms with van der Waals surface area (Å²) in [4.78, 5) is 31.9.